The van der Waals surface area contributed by atoms with Gasteiger partial charge in [-0.2, -0.15) is 0 Å². The molecule has 3 N–H and O–H groups in total. The Morgan fingerprint density at radius 2 is 1.70 bits per heavy atom. The van der Waals surface area contributed by atoms with E-state index in [0.29, 0.717) is 25.2 Å². The normalized spacial score (nSPS) is 15.3. The first kappa shape index (κ1) is 23.2. The number of hydrogen-bond donors (Lipinski definition) is 2. The van der Waals surface area contributed by atoms with Crippen molar-refractivity contribution in [3.63, 3.8) is 0 Å². The van der Waals surface area contributed by atoms with E-state index in [1.807, 2.05) is 25.1 Å². The summed E-state index contributed by atoms with van der Waals surface area (Å²) >= 11 is 0. The third-order valence-corrected chi connectivity index (χ3v) is 6.88. The highest BCUT2D eigenvalue weighted by atomic mass is 19.1. The zero-order valence-electron chi connectivity index (χ0n) is 19.3. The summed E-state index contributed by atoms with van der Waals surface area (Å²) in [7, 11) is 0. The molecule has 3 nitrogen and oxygen atoms in total. The highest BCUT2D eigenvalue weighted by molar-refractivity contribution is 5.73. The summed E-state index contributed by atoms with van der Waals surface area (Å²) in [5.74, 6) is -0.137. The van der Waals surface area contributed by atoms with Crippen LogP contribution in [0.15, 0.2) is 66.7 Å². The first-order valence-corrected chi connectivity index (χ1v) is 12.0. The van der Waals surface area contributed by atoms with Gasteiger partial charge in [-0.3, -0.25) is 4.79 Å². The Morgan fingerprint density at radius 1 is 1.03 bits per heavy atom. The van der Waals surface area contributed by atoms with E-state index in [-0.39, 0.29) is 17.6 Å². The van der Waals surface area contributed by atoms with Crippen LogP contribution in [-0.4, -0.2) is 19.0 Å². The highest BCUT2D eigenvalue weighted by Crippen LogP contribution is 2.37. The second-order valence-electron chi connectivity index (χ2n) is 9.15. The molecule has 1 aliphatic rings. The Bertz CT molecular complexity index is 1070. The van der Waals surface area contributed by atoms with Crippen LogP contribution in [0.2, 0.25) is 0 Å². The Labute approximate surface area is 196 Å². The van der Waals surface area contributed by atoms with Crippen molar-refractivity contribution < 1.29 is 9.18 Å². The van der Waals surface area contributed by atoms with E-state index >= 15 is 4.39 Å². The third kappa shape index (κ3) is 5.69. The van der Waals surface area contributed by atoms with Crippen LogP contribution in [0.4, 0.5) is 4.39 Å². The Kier molecular flexibility index (Phi) is 7.56. The molecule has 1 atom stereocenters. The molecule has 3 aromatic rings. The van der Waals surface area contributed by atoms with Gasteiger partial charge in [0.25, 0.3) is 0 Å². The smallest absolute Gasteiger partial charge is 0.217 e. The number of amides is 1. The Hall–Kier alpha value is -2.98. The van der Waals surface area contributed by atoms with E-state index < -0.39 is 0 Å². The first-order chi connectivity index (χ1) is 16.0. The summed E-state index contributed by atoms with van der Waals surface area (Å²) in [5, 5.41) is 3.42. The molecule has 1 heterocycles. The summed E-state index contributed by atoms with van der Waals surface area (Å²) in [5.41, 5.74) is 11.8. The van der Waals surface area contributed by atoms with E-state index in [2.05, 4.69) is 47.8 Å². The predicted octanol–water partition coefficient (Wildman–Crippen LogP) is 6.06. The molecule has 4 heteroatoms. The van der Waals surface area contributed by atoms with Crippen LogP contribution >= 0.6 is 0 Å². The van der Waals surface area contributed by atoms with Crippen molar-refractivity contribution in [1.29, 1.82) is 0 Å². The Balaban J connectivity index is 1.69. The van der Waals surface area contributed by atoms with E-state index in [1.54, 1.807) is 6.07 Å². The quantitative estimate of drug-likeness (QED) is 0.444. The average Bonchev–Trinajstić information content (AvgIpc) is 2.84. The minimum absolute atomic E-state index is 0.116. The van der Waals surface area contributed by atoms with Crippen LogP contribution < -0.4 is 11.1 Å². The molecule has 0 radical (unpaired) electrons. The van der Waals surface area contributed by atoms with Crippen molar-refractivity contribution in [1.82, 2.24) is 5.32 Å². The molecule has 1 unspecified atom stereocenters. The van der Waals surface area contributed by atoms with Gasteiger partial charge < -0.3 is 11.1 Å². The van der Waals surface area contributed by atoms with Gasteiger partial charge in [-0.15, -0.1) is 0 Å². The molecule has 0 saturated carbocycles. The van der Waals surface area contributed by atoms with Crippen molar-refractivity contribution in [2.75, 3.05) is 13.1 Å². The third-order valence-electron chi connectivity index (χ3n) is 6.88. The summed E-state index contributed by atoms with van der Waals surface area (Å²) < 4.78 is 15.4. The number of halogens is 1. The SMILES string of the molecule is Cc1cc(F)c(C(CCCC(N)=O)c2ccc(-c3ccccc3)cc2)cc1C1CCNCC1. The van der Waals surface area contributed by atoms with Crippen LogP contribution in [-0.2, 0) is 4.79 Å². The van der Waals surface area contributed by atoms with Gasteiger partial charge in [0, 0.05) is 12.3 Å². The largest absolute Gasteiger partial charge is 0.370 e. The lowest BCUT2D eigenvalue weighted by Gasteiger charge is -2.27. The number of rotatable bonds is 8. The number of aryl methyl sites for hydroxylation is 1. The summed E-state index contributed by atoms with van der Waals surface area (Å²) in [4.78, 5) is 11.4. The standard InChI is InChI=1S/C29H33FN2O/c1-20-18-28(30)27(19-26(20)24-14-16-32-17-15-24)25(8-5-9-29(31)33)23-12-10-22(11-13-23)21-6-3-2-4-7-21/h2-4,6-7,10-13,18-19,24-25,32H,5,8-9,14-17H2,1H3,(H2,31,33). The van der Waals surface area contributed by atoms with Crippen LogP contribution in [0.5, 0.6) is 0 Å². The van der Waals surface area contributed by atoms with Crippen molar-refractivity contribution >= 4 is 5.91 Å². The number of nitrogens with two attached hydrogens (primary N) is 1. The second kappa shape index (κ2) is 10.8. The minimum atomic E-state index is -0.312. The molecule has 1 aliphatic heterocycles. The van der Waals surface area contributed by atoms with Crippen molar-refractivity contribution in [3.8, 4) is 11.1 Å². The van der Waals surface area contributed by atoms with Crippen LogP contribution in [0.3, 0.4) is 0 Å². The molecule has 1 amide bonds. The molecule has 1 saturated heterocycles. The van der Waals surface area contributed by atoms with E-state index in [9.17, 15) is 4.79 Å². The molecule has 0 bridgehead atoms. The van der Waals surface area contributed by atoms with Crippen LogP contribution in [0, 0.1) is 12.7 Å². The zero-order valence-corrected chi connectivity index (χ0v) is 19.3. The van der Waals surface area contributed by atoms with Crippen molar-refractivity contribution in [2.24, 2.45) is 5.73 Å². The fourth-order valence-corrected chi connectivity index (χ4v) is 5.07. The van der Waals surface area contributed by atoms with E-state index in [4.69, 9.17) is 5.73 Å². The lowest BCUT2D eigenvalue weighted by molar-refractivity contribution is -0.118. The van der Waals surface area contributed by atoms with Crippen LogP contribution in [0.1, 0.15) is 66.2 Å². The molecule has 0 aromatic heterocycles. The summed E-state index contributed by atoms with van der Waals surface area (Å²) in [6.07, 6.45) is 3.77. The highest BCUT2D eigenvalue weighted by Gasteiger charge is 2.23. The molecule has 3 aromatic carbocycles. The minimum Gasteiger partial charge on any atom is -0.370 e. The number of nitrogens with one attached hydrogen (secondary N) is 1. The number of hydrogen-bond acceptors (Lipinski definition) is 2. The van der Waals surface area contributed by atoms with Gasteiger partial charge in [0.1, 0.15) is 5.82 Å². The number of primary amides is 1. The lowest BCUT2D eigenvalue weighted by atomic mass is 9.81. The number of benzene rings is 3. The molecule has 33 heavy (non-hydrogen) atoms. The van der Waals surface area contributed by atoms with E-state index in [0.717, 1.165) is 53.7 Å². The monoisotopic (exact) mass is 444 g/mol. The molecule has 0 aliphatic carbocycles. The molecular weight excluding hydrogens is 411 g/mol. The van der Waals surface area contributed by atoms with Gasteiger partial charge in [-0.1, -0.05) is 60.7 Å². The van der Waals surface area contributed by atoms with Gasteiger partial charge in [-0.25, -0.2) is 4.39 Å². The number of carbonyl (C=O) groups excluding carboxylic acids is 1. The van der Waals surface area contributed by atoms with Gasteiger partial charge in [0.2, 0.25) is 5.91 Å². The number of carbonyl (C=O) groups is 1. The Morgan fingerprint density at radius 3 is 2.36 bits per heavy atom. The van der Waals surface area contributed by atoms with E-state index in [1.165, 1.54) is 5.56 Å². The maximum Gasteiger partial charge on any atom is 0.217 e. The fraction of sp³-hybridized carbons (Fsp3) is 0.345. The fourth-order valence-electron chi connectivity index (χ4n) is 5.07. The maximum atomic E-state index is 15.4. The molecule has 4 rings (SSSR count). The summed E-state index contributed by atoms with van der Waals surface area (Å²) in [6, 6.07) is 22.4. The molecule has 172 valence electrons. The molecule has 1 fully saturated rings. The lowest BCUT2D eigenvalue weighted by Crippen LogP contribution is -2.27. The molecule has 0 spiro atoms. The van der Waals surface area contributed by atoms with Gasteiger partial charge in [0.05, 0.1) is 0 Å². The summed E-state index contributed by atoms with van der Waals surface area (Å²) in [6.45, 7) is 4.01. The average molecular weight is 445 g/mol. The maximum absolute atomic E-state index is 15.4. The predicted molar refractivity (Wildman–Crippen MR) is 133 cm³/mol. The van der Waals surface area contributed by atoms with Gasteiger partial charge in [-0.05, 0) is 91.1 Å². The van der Waals surface area contributed by atoms with Gasteiger partial charge >= 0.3 is 0 Å². The van der Waals surface area contributed by atoms with Crippen LogP contribution in [0.25, 0.3) is 11.1 Å². The van der Waals surface area contributed by atoms with Crippen molar-refractivity contribution in [3.05, 3.63) is 94.8 Å². The topological polar surface area (TPSA) is 55.1 Å². The second-order valence-corrected chi connectivity index (χ2v) is 9.15. The zero-order chi connectivity index (χ0) is 23.2. The van der Waals surface area contributed by atoms with Crippen molar-refractivity contribution in [2.45, 2.75) is 50.9 Å². The first-order valence-electron chi connectivity index (χ1n) is 12.0. The van der Waals surface area contributed by atoms with Gasteiger partial charge in [0.15, 0.2) is 0 Å². The number of piperidine rings is 1. The molecular formula is C29H33FN2O.